The Morgan fingerprint density at radius 1 is 0.800 bits per heavy atom. The Labute approximate surface area is 154 Å². The van der Waals surface area contributed by atoms with Crippen molar-refractivity contribution < 1.29 is 15.0 Å². The van der Waals surface area contributed by atoms with Gasteiger partial charge in [-0.3, -0.25) is 0 Å². The Kier molecular flexibility index (Phi) is 18.0. The summed E-state index contributed by atoms with van der Waals surface area (Å²) in [6, 6.07) is 0. The van der Waals surface area contributed by atoms with Crippen molar-refractivity contribution in [2.45, 2.75) is 96.5 Å². The van der Waals surface area contributed by atoms with Gasteiger partial charge in [0, 0.05) is 6.08 Å². The summed E-state index contributed by atoms with van der Waals surface area (Å²) in [7, 11) is 0. The molecule has 0 aromatic carbocycles. The number of allylic oxidation sites excluding steroid dienone is 5. The molecule has 0 aliphatic rings. The number of hydrogen-bond acceptors (Lipinski definition) is 2. The summed E-state index contributed by atoms with van der Waals surface area (Å²) >= 11 is 0. The maximum absolute atomic E-state index is 10.2. The van der Waals surface area contributed by atoms with Crippen LogP contribution in [0.1, 0.15) is 90.4 Å². The molecule has 1 atom stereocenters. The van der Waals surface area contributed by atoms with Gasteiger partial charge in [-0.15, -0.1) is 0 Å². The highest BCUT2D eigenvalue weighted by Gasteiger charge is 1.99. The summed E-state index contributed by atoms with van der Waals surface area (Å²) in [5, 5.41) is 17.9. The molecule has 0 aliphatic heterocycles. The number of hydrogen-bond donors (Lipinski definition) is 2. The van der Waals surface area contributed by atoms with Crippen LogP contribution in [0.3, 0.4) is 0 Å². The predicted molar refractivity (Wildman–Crippen MR) is 107 cm³/mol. The maximum Gasteiger partial charge on any atom is 0.328 e. The first-order valence-corrected chi connectivity index (χ1v) is 10.1. The zero-order valence-electron chi connectivity index (χ0n) is 16.0. The Bertz CT molecular complexity index is 383. The van der Waals surface area contributed by atoms with E-state index in [9.17, 15) is 9.90 Å². The van der Waals surface area contributed by atoms with Gasteiger partial charge in [0.1, 0.15) is 0 Å². The molecule has 0 fully saturated rings. The van der Waals surface area contributed by atoms with Gasteiger partial charge in [-0.1, -0.05) is 95.1 Å². The van der Waals surface area contributed by atoms with Crippen LogP contribution in [0.25, 0.3) is 0 Å². The van der Waals surface area contributed by atoms with Gasteiger partial charge in [0.15, 0.2) is 0 Å². The summed E-state index contributed by atoms with van der Waals surface area (Å²) in [6.07, 6.45) is 26.2. The van der Waals surface area contributed by atoms with Crippen LogP contribution in [0.15, 0.2) is 36.5 Å². The second kappa shape index (κ2) is 19.0. The minimum absolute atomic E-state index is 0.0837. The third kappa shape index (κ3) is 20.6. The van der Waals surface area contributed by atoms with Crippen LogP contribution in [0, 0.1) is 0 Å². The van der Waals surface area contributed by atoms with E-state index in [1.165, 1.54) is 70.3 Å². The molecule has 0 saturated heterocycles. The fourth-order valence-electron chi connectivity index (χ4n) is 2.70. The molecule has 0 bridgehead atoms. The van der Waals surface area contributed by atoms with E-state index in [1.807, 2.05) is 19.1 Å². The molecule has 1 unspecified atom stereocenters. The Hall–Kier alpha value is -1.35. The van der Waals surface area contributed by atoms with E-state index in [2.05, 4.69) is 6.08 Å². The van der Waals surface area contributed by atoms with Gasteiger partial charge in [-0.25, -0.2) is 4.79 Å². The van der Waals surface area contributed by atoms with Crippen molar-refractivity contribution in [3.05, 3.63) is 36.5 Å². The van der Waals surface area contributed by atoms with Crippen molar-refractivity contribution >= 4 is 5.97 Å². The zero-order chi connectivity index (χ0) is 18.6. The summed E-state index contributed by atoms with van der Waals surface area (Å²) in [5.41, 5.74) is 0. The summed E-state index contributed by atoms with van der Waals surface area (Å²) in [5.74, 6) is -0.916. The highest BCUT2D eigenvalue weighted by atomic mass is 16.4. The van der Waals surface area contributed by atoms with E-state index >= 15 is 0 Å². The number of rotatable bonds is 17. The van der Waals surface area contributed by atoms with E-state index in [0.29, 0.717) is 0 Å². The highest BCUT2D eigenvalue weighted by molar-refractivity contribution is 5.80. The fraction of sp³-hybridized carbons (Fsp3) is 0.682. The second-order valence-corrected chi connectivity index (χ2v) is 6.69. The first kappa shape index (κ1) is 23.6. The first-order chi connectivity index (χ1) is 12.2. The molecular formula is C22H38O3. The van der Waals surface area contributed by atoms with Gasteiger partial charge < -0.3 is 10.2 Å². The summed E-state index contributed by atoms with van der Waals surface area (Å²) < 4.78 is 0. The molecule has 0 rings (SSSR count). The van der Waals surface area contributed by atoms with Crippen molar-refractivity contribution in [3.63, 3.8) is 0 Å². The van der Waals surface area contributed by atoms with Crippen LogP contribution < -0.4 is 0 Å². The Balaban J connectivity index is 3.22. The van der Waals surface area contributed by atoms with Crippen molar-refractivity contribution in [2.24, 2.45) is 0 Å². The number of carboxylic acid groups (broad SMARTS) is 1. The Morgan fingerprint density at radius 2 is 1.32 bits per heavy atom. The molecule has 0 aliphatic carbocycles. The first-order valence-electron chi connectivity index (χ1n) is 10.1. The molecule has 0 amide bonds. The number of unbranched alkanes of at least 4 members (excludes halogenated alkanes) is 10. The van der Waals surface area contributed by atoms with Crippen molar-refractivity contribution in [3.8, 4) is 0 Å². The van der Waals surface area contributed by atoms with Crippen LogP contribution in [0.4, 0.5) is 0 Å². The lowest BCUT2D eigenvalue weighted by Gasteiger charge is -2.06. The molecule has 0 saturated carbocycles. The smallest absolute Gasteiger partial charge is 0.328 e. The number of carbonyl (C=O) groups is 1. The Morgan fingerprint density at radius 3 is 1.88 bits per heavy atom. The van der Waals surface area contributed by atoms with E-state index in [4.69, 9.17) is 5.11 Å². The molecule has 0 aromatic rings. The second-order valence-electron chi connectivity index (χ2n) is 6.69. The van der Waals surface area contributed by atoms with Crippen molar-refractivity contribution in [1.29, 1.82) is 0 Å². The largest absolute Gasteiger partial charge is 0.478 e. The van der Waals surface area contributed by atoms with Crippen LogP contribution in [0.5, 0.6) is 0 Å². The molecular weight excluding hydrogens is 312 g/mol. The molecule has 3 nitrogen and oxygen atoms in total. The maximum atomic E-state index is 10.2. The van der Waals surface area contributed by atoms with Crippen molar-refractivity contribution in [2.75, 3.05) is 0 Å². The molecule has 144 valence electrons. The fourth-order valence-corrected chi connectivity index (χ4v) is 2.70. The number of carboxylic acids is 1. The topological polar surface area (TPSA) is 57.5 Å². The lowest BCUT2D eigenvalue weighted by atomic mass is 10.0. The van der Waals surface area contributed by atoms with Crippen LogP contribution in [0.2, 0.25) is 0 Å². The third-order valence-electron chi connectivity index (χ3n) is 4.34. The van der Waals surface area contributed by atoms with Gasteiger partial charge in [-0.2, -0.15) is 0 Å². The number of aliphatic hydroxyl groups is 1. The third-order valence-corrected chi connectivity index (χ3v) is 4.34. The van der Waals surface area contributed by atoms with E-state index in [0.717, 1.165) is 25.3 Å². The average Bonchev–Trinajstić information content (AvgIpc) is 2.60. The molecule has 25 heavy (non-hydrogen) atoms. The number of aliphatic carboxylic acids is 1. The van der Waals surface area contributed by atoms with Gasteiger partial charge in [0.05, 0.1) is 6.10 Å². The summed E-state index contributed by atoms with van der Waals surface area (Å²) in [6.45, 7) is 2.04. The van der Waals surface area contributed by atoms with Crippen molar-refractivity contribution in [1.82, 2.24) is 0 Å². The molecule has 0 heterocycles. The lowest BCUT2D eigenvalue weighted by Crippen LogP contribution is -2.03. The molecule has 3 heteroatoms. The van der Waals surface area contributed by atoms with Gasteiger partial charge in [0.25, 0.3) is 0 Å². The molecule has 2 N–H and O–H groups in total. The lowest BCUT2D eigenvalue weighted by molar-refractivity contribution is -0.131. The molecule has 0 aromatic heterocycles. The van der Waals surface area contributed by atoms with Gasteiger partial charge in [0.2, 0.25) is 0 Å². The quantitative estimate of drug-likeness (QED) is 0.187. The minimum Gasteiger partial charge on any atom is -0.478 e. The van der Waals surface area contributed by atoms with Crippen LogP contribution in [-0.4, -0.2) is 22.3 Å². The van der Waals surface area contributed by atoms with E-state index in [1.54, 1.807) is 6.08 Å². The monoisotopic (exact) mass is 350 g/mol. The predicted octanol–water partition coefficient (Wildman–Crippen LogP) is 6.19. The van der Waals surface area contributed by atoms with E-state index in [-0.39, 0.29) is 6.10 Å². The van der Waals surface area contributed by atoms with Gasteiger partial charge >= 0.3 is 5.97 Å². The normalized spacial score (nSPS) is 13.4. The highest BCUT2D eigenvalue weighted by Crippen LogP contribution is 2.13. The minimum atomic E-state index is -0.916. The molecule has 0 radical (unpaired) electrons. The molecule has 0 spiro atoms. The van der Waals surface area contributed by atoms with Crippen LogP contribution >= 0.6 is 0 Å². The van der Waals surface area contributed by atoms with Gasteiger partial charge in [-0.05, 0) is 25.7 Å². The van der Waals surface area contributed by atoms with Crippen LogP contribution in [-0.2, 0) is 4.79 Å². The summed E-state index contributed by atoms with van der Waals surface area (Å²) in [4.78, 5) is 10.2. The standard InChI is InChI=1S/C22H38O3/c1-2-21(23)19-17-15-13-11-9-7-5-3-4-6-8-10-12-14-16-18-20-22(24)25/h10,12,14,16,18,20-21,23H,2-9,11,13,15,17,19H2,1H3,(H,24,25). The zero-order valence-corrected chi connectivity index (χ0v) is 16.0. The average molecular weight is 351 g/mol. The number of aliphatic hydroxyl groups excluding tert-OH is 1. The SMILES string of the molecule is CCC(O)CCCCCCCCCCCCC=CC=CC=CC(=O)O. The van der Waals surface area contributed by atoms with E-state index < -0.39 is 5.97 Å².